The number of hydrogen-bond acceptors (Lipinski definition) is 10. The van der Waals surface area contributed by atoms with Gasteiger partial charge < -0.3 is 20.5 Å². The van der Waals surface area contributed by atoms with Crippen LogP contribution in [0.4, 0.5) is 21.8 Å². The third-order valence-corrected chi connectivity index (χ3v) is 3.97. The molecule has 31 heavy (non-hydrogen) atoms. The van der Waals surface area contributed by atoms with Crippen LogP contribution in [0.5, 0.6) is 5.75 Å². The van der Waals surface area contributed by atoms with E-state index >= 15 is 0 Å². The van der Waals surface area contributed by atoms with Crippen molar-refractivity contribution < 1.29 is 14.2 Å². The Morgan fingerprint density at radius 3 is 2.68 bits per heavy atom. The van der Waals surface area contributed by atoms with Crippen LogP contribution in [0.25, 0.3) is 5.69 Å². The SMILES string of the molecule is CNc1nc(Nc2cc(-n3nnn(C)c3=O)c(OCC(C)(C)O)cc2F)ncc1C#N. The topological polar surface area (TPSA) is 156 Å². The largest absolute Gasteiger partial charge is 0.488 e. The molecule has 0 fully saturated rings. The average Bonchev–Trinajstić information content (AvgIpc) is 3.05. The lowest BCUT2D eigenvalue weighted by Gasteiger charge is -2.20. The Balaban J connectivity index is 2.06. The van der Waals surface area contributed by atoms with Gasteiger partial charge in [-0.1, -0.05) is 0 Å². The number of nitrogens with one attached hydrogen (secondary N) is 2. The zero-order valence-corrected chi connectivity index (χ0v) is 17.2. The van der Waals surface area contributed by atoms with E-state index < -0.39 is 17.1 Å². The van der Waals surface area contributed by atoms with Crippen molar-refractivity contribution in [3.8, 4) is 17.5 Å². The lowest BCUT2D eigenvalue weighted by atomic mass is 10.1. The molecule has 12 nitrogen and oxygen atoms in total. The van der Waals surface area contributed by atoms with Crippen molar-refractivity contribution in [1.29, 1.82) is 5.26 Å². The highest BCUT2D eigenvalue weighted by Crippen LogP contribution is 2.30. The van der Waals surface area contributed by atoms with E-state index in [9.17, 15) is 14.3 Å². The van der Waals surface area contributed by atoms with E-state index in [4.69, 9.17) is 10.00 Å². The highest BCUT2D eigenvalue weighted by molar-refractivity contribution is 5.64. The summed E-state index contributed by atoms with van der Waals surface area (Å²) < 4.78 is 22.3. The van der Waals surface area contributed by atoms with E-state index in [1.807, 2.05) is 6.07 Å². The lowest BCUT2D eigenvalue weighted by Crippen LogP contribution is -2.29. The van der Waals surface area contributed by atoms with Crippen LogP contribution in [0.2, 0.25) is 0 Å². The number of hydrogen-bond donors (Lipinski definition) is 3. The van der Waals surface area contributed by atoms with Crippen molar-refractivity contribution in [1.82, 2.24) is 29.8 Å². The van der Waals surface area contributed by atoms with Gasteiger partial charge in [0.25, 0.3) is 0 Å². The Kier molecular flexibility index (Phi) is 5.84. The highest BCUT2D eigenvalue weighted by Gasteiger charge is 2.20. The van der Waals surface area contributed by atoms with Crippen LogP contribution in [0, 0.1) is 17.1 Å². The van der Waals surface area contributed by atoms with Crippen LogP contribution in [-0.2, 0) is 7.05 Å². The number of nitrogens with zero attached hydrogens (tertiary/aromatic N) is 7. The fraction of sp³-hybridized carbons (Fsp3) is 0.333. The molecule has 0 saturated carbocycles. The van der Waals surface area contributed by atoms with Crippen LogP contribution in [-0.4, -0.2) is 54.1 Å². The molecule has 3 N–H and O–H groups in total. The van der Waals surface area contributed by atoms with Crippen molar-refractivity contribution in [2.75, 3.05) is 24.3 Å². The summed E-state index contributed by atoms with van der Waals surface area (Å²) in [6.07, 6.45) is 1.29. The standard InChI is InChI=1S/C18H20FN9O3/c1-18(2,30)9-31-14-5-11(19)12(6-13(14)28-17(29)27(4)25-26-28)23-16-22-8-10(7-20)15(21-3)24-16/h5-6,8,30H,9H2,1-4H3,(H2,21,22,23,24). The molecule has 0 amide bonds. The molecule has 0 aliphatic rings. The smallest absolute Gasteiger partial charge is 0.368 e. The van der Waals surface area contributed by atoms with Gasteiger partial charge in [0, 0.05) is 20.2 Å². The summed E-state index contributed by atoms with van der Waals surface area (Å²) in [6, 6.07) is 4.27. The first-order valence-corrected chi connectivity index (χ1v) is 9.03. The van der Waals surface area contributed by atoms with E-state index in [1.165, 1.54) is 33.2 Å². The molecule has 0 aliphatic carbocycles. The summed E-state index contributed by atoms with van der Waals surface area (Å²) in [5.41, 5.74) is -1.55. The number of aromatic nitrogens is 6. The van der Waals surface area contributed by atoms with E-state index in [0.29, 0.717) is 0 Å². The maximum Gasteiger partial charge on any atom is 0.368 e. The first-order valence-electron chi connectivity index (χ1n) is 9.03. The van der Waals surface area contributed by atoms with Gasteiger partial charge in [0.15, 0.2) is 5.82 Å². The quantitative estimate of drug-likeness (QED) is 0.488. The second kappa shape index (κ2) is 8.36. The van der Waals surface area contributed by atoms with Gasteiger partial charge in [-0.05, 0) is 30.3 Å². The zero-order chi connectivity index (χ0) is 22.8. The van der Waals surface area contributed by atoms with Gasteiger partial charge >= 0.3 is 5.69 Å². The van der Waals surface area contributed by atoms with Gasteiger partial charge in [0.2, 0.25) is 5.95 Å². The normalized spacial score (nSPS) is 11.1. The van der Waals surface area contributed by atoms with E-state index in [2.05, 4.69) is 31.0 Å². The molecule has 0 spiro atoms. The molecule has 0 unspecified atom stereocenters. The highest BCUT2D eigenvalue weighted by atomic mass is 19.1. The Hall–Kier alpha value is -4.05. The summed E-state index contributed by atoms with van der Waals surface area (Å²) in [7, 11) is 3.00. The number of anilines is 3. The number of nitriles is 1. The van der Waals surface area contributed by atoms with Gasteiger partial charge in [-0.3, -0.25) is 0 Å². The van der Waals surface area contributed by atoms with Gasteiger partial charge in [-0.25, -0.2) is 14.2 Å². The lowest BCUT2D eigenvalue weighted by molar-refractivity contribution is 0.0283. The summed E-state index contributed by atoms with van der Waals surface area (Å²) in [5.74, 6) is -0.476. The first-order chi connectivity index (χ1) is 14.6. The number of halogens is 1. The number of ether oxygens (including phenoxy) is 1. The van der Waals surface area contributed by atoms with Crippen LogP contribution in [0.3, 0.4) is 0 Å². The molecule has 0 bridgehead atoms. The van der Waals surface area contributed by atoms with Gasteiger partial charge in [0.05, 0.1) is 17.5 Å². The third kappa shape index (κ3) is 4.75. The number of tetrazole rings is 1. The average molecular weight is 429 g/mol. The maximum atomic E-state index is 14.8. The van der Waals surface area contributed by atoms with E-state index in [1.54, 1.807) is 7.05 Å². The Morgan fingerprint density at radius 2 is 2.10 bits per heavy atom. The van der Waals surface area contributed by atoms with Crippen LogP contribution in [0.1, 0.15) is 19.4 Å². The molecule has 2 heterocycles. The van der Waals surface area contributed by atoms with Crippen molar-refractivity contribution in [2.24, 2.45) is 7.05 Å². The molecule has 0 saturated heterocycles. The van der Waals surface area contributed by atoms with Crippen molar-refractivity contribution >= 4 is 17.5 Å². The molecule has 3 rings (SSSR count). The van der Waals surface area contributed by atoms with Crippen LogP contribution >= 0.6 is 0 Å². The summed E-state index contributed by atoms with van der Waals surface area (Å²) in [4.78, 5) is 20.5. The predicted octanol–water partition coefficient (Wildman–Crippen LogP) is 0.702. The summed E-state index contributed by atoms with van der Waals surface area (Å²) in [6.45, 7) is 2.88. The van der Waals surface area contributed by atoms with Crippen LogP contribution < -0.4 is 21.1 Å². The Labute approximate surface area is 175 Å². The molecule has 3 aromatic rings. The Bertz CT molecular complexity index is 1210. The molecule has 162 valence electrons. The van der Waals surface area contributed by atoms with Gasteiger partial charge in [-0.15, -0.1) is 0 Å². The van der Waals surface area contributed by atoms with E-state index in [0.717, 1.165) is 15.4 Å². The minimum atomic E-state index is -1.20. The summed E-state index contributed by atoms with van der Waals surface area (Å²) in [5, 5.41) is 31.9. The zero-order valence-electron chi connectivity index (χ0n) is 17.2. The molecule has 0 aliphatic heterocycles. The minimum absolute atomic E-state index is 0.0184. The minimum Gasteiger partial charge on any atom is -0.488 e. The third-order valence-electron chi connectivity index (χ3n) is 3.97. The second-order valence-electron chi connectivity index (χ2n) is 7.14. The van der Waals surface area contributed by atoms with Crippen molar-refractivity contribution in [3.63, 3.8) is 0 Å². The number of aryl methyl sites for hydroxylation is 1. The molecule has 1 aromatic carbocycles. The summed E-state index contributed by atoms with van der Waals surface area (Å²) >= 11 is 0. The fourth-order valence-electron chi connectivity index (χ4n) is 2.47. The molecule has 2 aromatic heterocycles. The number of aliphatic hydroxyl groups is 1. The molecular weight excluding hydrogens is 409 g/mol. The molecule has 13 heteroatoms. The molecular formula is C18H20FN9O3. The van der Waals surface area contributed by atoms with E-state index in [-0.39, 0.29) is 41.1 Å². The number of benzene rings is 1. The fourth-order valence-corrected chi connectivity index (χ4v) is 2.47. The second-order valence-corrected chi connectivity index (χ2v) is 7.14. The van der Waals surface area contributed by atoms with Crippen molar-refractivity contribution in [3.05, 3.63) is 40.2 Å². The molecule has 0 radical (unpaired) electrons. The number of rotatable bonds is 7. The van der Waals surface area contributed by atoms with Crippen molar-refractivity contribution in [2.45, 2.75) is 19.4 Å². The van der Waals surface area contributed by atoms with Crippen LogP contribution in [0.15, 0.2) is 23.1 Å². The van der Waals surface area contributed by atoms with Gasteiger partial charge in [-0.2, -0.15) is 19.6 Å². The first kappa shape index (κ1) is 21.7. The predicted molar refractivity (Wildman–Crippen MR) is 108 cm³/mol. The molecule has 0 atom stereocenters. The maximum absolute atomic E-state index is 14.8. The monoisotopic (exact) mass is 429 g/mol. The Morgan fingerprint density at radius 1 is 1.35 bits per heavy atom. The van der Waals surface area contributed by atoms with Gasteiger partial charge in [0.1, 0.15) is 35.5 Å².